The van der Waals surface area contributed by atoms with Crippen LogP contribution in [0.25, 0.3) is 10.1 Å². The fourth-order valence-electron chi connectivity index (χ4n) is 4.34. The van der Waals surface area contributed by atoms with Crippen LogP contribution in [0.2, 0.25) is 5.02 Å². The van der Waals surface area contributed by atoms with Crippen LogP contribution in [0.4, 0.5) is 0 Å². The molecule has 0 bridgehead atoms. The van der Waals surface area contributed by atoms with Crippen LogP contribution in [0.3, 0.4) is 0 Å². The van der Waals surface area contributed by atoms with Crippen molar-refractivity contribution >= 4 is 39.0 Å². The number of carbonyl (C=O) groups is 1. The van der Waals surface area contributed by atoms with Gasteiger partial charge in [-0.3, -0.25) is 0 Å². The fraction of sp³-hybridized carbons (Fsp3) is 0.172. The molecular formula is C29H23ClN2O4S. The van der Waals surface area contributed by atoms with E-state index in [0.717, 1.165) is 27.6 Å². The number of nitriles is 1. The number of fused-ring (bicyclic) bond motifs is 2. The average molecular weight is 531 g/mol. The number of nitrogens with zero attached hydrogens (tertiary/aromatic N) is 1. The Morgan fingerprint density at radius 3 is 2.76 bits per heavy atom. The lowest BCUT2D eigenvalue weighted by Gasteiger charge is -2.28. The minimum atomic E-state index is -0.560. The van der Waals surface area contributed by atoms with Gasteiger partial charge in [0.05, 0.1) is 17.5 Å². The topological polar surface area (TPSA) is 94.6 Å². The molecule has 0 fully saturated rings. The van der Waals surface area contributed by atoms with E-state index < -0.39 is 11.9 Å². The van der Waals surface area contributed by atoms with Crippen molar-refractivity contribution < 1.29 is 19.0 Å². The van der Waals surface area contributed by atoms with E-state index in [4.69, 9.17) is 31.5 Å². The molecular weight excluding hydrogens is 508 g/mol. The molecule has 1 atom stereocenters. The van der Waals surface area contributed by atoms with Crippen LogP contribution in [0.1, 0.15) is 45.6 Å². The number of hydrogen-bond acceptors (Lipinski definition) is 7. The molecule has 0 saturated carbocycles. The van der Waals surface area contributed by atoms with Gasteiger partial charge in [0.25, 0.3) is 0 Å². The third-order valence-corrected chi connectivity index (χ3v) is 7.70. The largest absolute Gasteiger partial charge is 0.493 e. The third kappa shape index (κ3) is 4.62. The number of halogens is 1. The zero-order valence-electron chi connectivity index (χ0n) is 20.2. The zero-order chi connectivity index (χ0) is 26.1. The molecule has 1 aliphatic rings. The molecule has 3 aromatic carbocycles. The first-order valence-electron chi connectivity index (χ1n) is 11.7. The Labute approximate surface area is 223 Å². The Balaban J connectivity index is 1.50. The quantitative estimate of drug-likeness (QED) is 0.211. The number of allylic oxidation sites excluding steroid dienone is 1. The Morgan fingerprint density at radius 1 is 1.16 bits per heavy atom. The Hall–Kier alpha value is -3.99. The van der Waals surface area contributed by atoms with Crippen LogP contribution in [0.5, 0.6) is 17.2 Å². The van der Waals surface area contributed by atoms with Gasteiger partial charge in [0.15, 0.2) is 0 Å². The molecule has 0 aliphatic carbocycles. The summed E-state index contributed by atoms with van der Waals surface area (Å²) in [6, 6.07) is 20.6. The number of aryl methyl sites for hydroxylation is 1. The van der Waals surface area contributed by atoms with Crippen molar-refractivity contribution in [3.05, 3.63) is 98.7 Å². The van der Waals surface area contributed by atoms with Crippen molar-refractivity contribution in [3.63, 3.8) is 0 Å². The lowest BCUT2D eigenvalue weighted by atomic mass is 9.83. The molecule has 0 spiro atoms. The van der Waals surface area contributed by atoms with Crippen molar-refractivity contribution in [2.75, 3.05) is 6.61 Å². The summed E-state index contributed by atoms with van der Waals surface area (Å²) < 4.78 is 18.3. The van der Waals surface area contributed by atoms with E-state index >= 15 is 0 Å². The molecule has 2 N–H and O–H groups in total. The second-order valence-corrected chi connectivity index (χ2v) is 10.1. The minimum Gasteiger partial charge on any atom is -0.493 e. The summed E-state index contributed by atoms with van der Waals surface area (Å²) in [6.07, 6.45) is 0.847. The predicted octanol–water partition coefficient (Wildman–Crippen LogP) is 7.09. The summed E-state index contributed by atoms with van der Waals surface area (Å²) in [5.74, 6) is 0.290. The molecule has 5 rings (SSSR count). The fourth-order valence-corrected chi connectivity index (χ4v) is 5.82. The van der Waals surface area contributed by atoms with Gasteiger partial charge in [0, 0.05) is 27.3 Å². The number of nitrogens with two attached hydrogens (primary N) is 1. The molecule has 186 valence electrons. The maximum Gasteiger partial charge on any atom is 0.355 e. The molecule has 0 radical (unpaired) electrons. The summed E-state index contributed by atoms with van der Waals surface area (Å²) in [5, 5.41) is 11.1. The molecule has 37 heavy (non-hydrogen) atoms. The molecule has 6 nitrogen and oxygen atoms in total. The van der Waals surface area contributed by atoms with Gasteiger partial charge in [-0.1, -0.05) is 54.9 Å². The summed E-state index contributed by atoms with van der Waals surface area (Å²) in [6.45, 7) is 4.56. The van der Waals surface area contributed by atoms with Crippen LogP contribution in [-0.2, 0) is 0 Å². The monoisotopic (exact) mass is 530 g/mol. The highest BCUT2D eigenvalue weighted by atomic mass is 35.5. The van der Waals surface area contributed by atoms with Gasteiger partial charge in [-0.05, 0) is 37.1 Å². The van der Waals surface area contributed by atoms with E-state index in [1.165, 1.54) is 11.3 Å². The molecule has 0 saturated heterocycles. The predicted molar refractivity (Wildman–Crippen MR) is 144 cm³/mol. The second-order valence-electron chi connectivity index (χ2n) is 8.65. The number of esters is 1. The first-order valence-corrected chi connectivity index (χ1v) is 12.9. The van der Waals surface area contributed by atoms with E-state index in [2.05, 4.69) is 6.07 Å². The number of rotatable bonds is 6. The highest BCUT2D eigenvalue weighted by Crippen LogP contribution is 2.46. The summed E-state index contributed by atoms with van der Waals surface area (Å²) in [4.78, 5) is 13.3. The van der Waals surface area contributed by atoms with Gasteiger partial charge >= 0.3 is 5.97 Å². The number of benzene rings is 3. The van der Waals surface area contributed by atoms with E-state index in [-0.39, 0.29) is 17.2 Å². The SMILES string of the molecule is CCCOc1ccccc1C1C(C#N)=C(N)Oc2cc(OC(=O)c3sc4cc(C)ccc4c3Cl)ccc21. The van der Waals surface area contributed by atoms with Crippen LogP contribution in [-0.4, -0.2) is 12.6 Å². The number of carbonyl (C=O) groups excluding carboxylic acids is 1. The van der Waals surface area contributed by atoms with Crippen molar-refractivity contribution in [3.8, 4) is 23.3 Å². The Bertz CT molecular complexity index is 1600. The molecule has 8 heteroatoms. The third-order valence-electron chi connectivity index (χ3n) is 6.06. The standard InChI is InChI=1S/C29H23ClN2O4S/c1-3-12-34-22-7-5-4-6-18(22)25-19-11-9-17(14-23(19)36-28(32)21(25)15-31)35-29(33)27-26(30)20-10-8-16(2)13-24(20)37-27/h4-11,13-14,25H,3,12,32H2,1-2H3. The number of ether oxygens (including phenoxy) is 3. The zero-order valence-corrected chi connectivity index (χ0v) is 21.8. The van der Waals surface area contributed by atoms with E-state index in [1.54, 1.807) is 18.2 Å². The van der Waals surface area contributed by atoms with Gasteiger partial charge in [-0.25, -0.2) is 4.79 Å². The summed E-state index contributed by atoms with van der Waals surface area (Å²) in [7, 11) is 0. The molecule has 2 heterocycles. The van der Waals surface area contributed by atoms with Crippen LogP contribution in [0, 0.1) is 18.3 Å². The molecule has 4 aromatic rings. The van der Waals surface area contributed by atoms with Crippen molar-refractivity contribution in [2.45, 2.75) is 26.2 Å². The highest BCUT2D eigenvalue weighted by molar-refractivity contribution is 7.21. The van der Waals surface area contributed by atoms with Gasteiger partial charge in [-0.15, -0.1) is 11.3 Å². The molecule has 1 aliphatic heterocycles. The lowest BCUT2D eigenvalue weighted by molar-refractivity contribution is 0.0740. The maximum absolute atomic E-state index is 13.0. The Kier molecular flexibility index (Phi) is 6.79. The lowest BCUT2D eigenvalue weighted by Crippen LogP contribution is -2.21. The van der Waals surface area contributed by atoms with Crippen LogP contribution >= 0.6 is 22.9 Å². The smallest absolute Gasteiger partial charge is 0.355 e. The van der Waals surface area contributed by atoms with Gasteiger partial charge < -0.3 is 19.9 Å². The van der Waals surface area contributed by atoms with E-state index in [1.807, 2.05) is 56.3 Å². The van der Waals surface area contributed by atoms with E-state index in [9.17, 15) is 10.1 Å². The minimum absolute atomic E-state index is 0.00306. The van der Waals surface area contributed by atoms with Crippen LogP contribution in [0.15, 0.2) is 72.1 Å². The maximum atomic E-state index is 13.0. The summed E-state index contributed by atoms with van der Waals surface area (Å²) >= 11 is 7.78. The highest BCUT2D eigenvalue weighted by Gasteiger charge is 2.33. The first-order chi connectivity index (χ1) is 17.9. The van der Waals surface area contributed by atoms with Crippen molar-refractivity contribution in [1.82, 2.24) is 0 Å². The first kappa shape index (κ1) is 24.7. The number of para-hydroxylation sites is 1. The van der Waals surface area contributed by atoms with Gasteiger partial charge in [0.2, 0.25) is 5.88 Å². The number of thiophene rings is 1. The van der Waals surface area contributed by atoms with Gasteiger partial charge in [-0.2, -0.15) is 5.26 Å². The molecule has 1 unspecified atom stereocenters. The Morgan fingerprint density at radius 2 is 1.97 bits per heavy atom. The molecule has 0 amide bonds. The normalized spacial score (nSPS) is 14.6. The molecule has 1 aromatic heterocycles. The van der Waals surface area contributed by atoms with Crippen molar-refractivity contribution in [2.24, 2.45) is 5.73 Å². The van der Waals surface area contributed by atoms with E-state index in [0.29, 0.717) is 33.6 Å². The van der Waals surface area contributed by atoms with Gasteiger partial charge in [0.1, 0.15) is 33.8 Å². The summed E-state index contributed by atoms with van der Waals surface area (Å²) in [5.41, 5.74) is 9.06. The second kappa shape index (κ2) is 10.2. The number of hydrogen-bond donors (Lipinski definition) is 1. The van der Waals surface area contributed by atoms with Crippen LogP contribution < -0.4 is 19.9 Å². The van der Waals surface area contributed by atoms with Crippen molar-refractivity contribution in [1.29, 1.82) is 5.26 Å². The average Bonchev–Trinajstić information content (AvgIpc) is 3.22.